The molecule has 2 aromatic heterocycles. The molecule has 7 nitrogen and oxygen atoms in total. The van der Waals surface area contributed by atoms with Crippen LogP contribution in [0.1, 0.15) is 30.4 Å². The van der Waals surface area contributed by atoms with Crippen LogP contribution in [0.4, 0.5) is 0 Å². The largest absolute Gasteiger partial charge is 0.481 e. The van der Waals surface area contributed by atoms with E-state index in [9.17, 15) is 4.79 Å². The maximum absolute atomic E-state index is 12.0. The molecule has 2 heterocycles. The molecule has 0 aliphatic rings. The van der Waals surface area contributed by atoms with Gasteiger partial charge in [0.05, 0.1) is 30.4 Å². The second-order valence-corrected chi connectivity index (χ2v) is 8.39. The zero-order valence-corrected chi connectivity index (χ0v) is 17.0. The summed E-state index contributed by atoms with van der Waals surface area (Å²) in [5, 5.41) is 6.40. The smallest absolute Gasteiger partial charge is 0.281 e. The highest BCUT2D eigenvalue weighted by Crippen LogP contribution is 2.34. The SMILES string of the molecule is COc1cc(OC)nc(SC(C=NNC(=O)c2cccs2)C(C)(C)C)n1. The molecule has 0 radical (unpaired) electrons. The van der Waals surface area contributed by atoms with Crippen LogP contribution in [0.3, 0.4) is 0 Å². The van der Waals surface area contributed by atoms with Crippen molar-refractivity contribution in [1.82, 2.24) is 15.4 Å². The molecule has 1 unspecified atom stereocenters. The van der Waals surface area contributed by atoms with Crippen molar-refractivity contribution in [3.8, 4) is 11.8 Å². The fraction of sp³-hybridized carbons (Fsp3) is 0.412. The standard InChI is InChI=1S/C17H22N4O3S2/c1-17(2,3)12(10-18-21-15(22)11-7-6-8-25-11)26-16-19-13(23-4)9-14(20-16)24-5/h6-10,12H,1-5H3,(H,21,22). The van der Waals surface area contributed by atoms with Crippen LogP contribution in [-0.2, 0) is 0 Å². The number of hydrazone groups is 1. The number of thiophene rings is 1. The van der Waals surface area contributed by atoms with Gasteiger partial charge in [0.1, 0.15) is 0 Å². The molecule has 9 heteroatoms. The quantitative estimate of drug-likeness (QED) is 0.335. The van der Waals surface area contributed by atoms with E-state index in [2.05, 4.69) is 41.3 Å². The average Bonchev–Trinajstić information content (AvgIpc) is 3.14. The minimum Gasteiger partial charge on any atom is -0.481 e. The number of hydrogen-bond donors (Lipinski definition) is 1. The van der Waals surface area contributed by atoms with E-state index in [0.717, 1.165) is 0 Å². The normalized spacial score (nSPS) is 12.8. The molecule has 0 saturated carbocycles. The highest BCUT2D eigenvalue weighted by molar-refractivity contribution is 8.00. The Bertz CT molecular complexity index is 736. The third-order valence-corrected chi connectivity index (χ3v) is 5.63. The van der Waals surface area contributed by atoms with Gasteiger partial charge in [-0.1, -0.05) is 38.6 Å². The number of rotatable bonds is 7. The predicted octanol–water partition coefficient (Wildman–Crippen LogP) is 3.48. The van der Waals surface area contributed by atoms with Crippen LogP contribution in [0, 0.1) is 5.41 Å². The number of ether oxygens (including phenoxy) is 2. The van der Waals surface area contributed by atoms with Crippen molar-refractivity contribution < 1.29 is 14.3 Å². The van der Waals surface area contributed by atoms with Crippen molar-refractivity contribution in [2.75, 3.05) is 14.2 Å². The van der Waals surface area contributed by atoms with Gasteiger partial charge in [0, 0.05) is 6.21 Å². The van der Waals surface area contributed by atoms with Gasteiger partial charge in [-0.25, -0.2) is 5.43 Å². The van der Waals surface area contributed by atoms with Gasteiger partial charge >= 0.3 is 0 Å². The first-order valence-electron chi connectivity index (χ1n) is 7.84. The lowest BCUT2D eigenvalue weighted by Crippen LogP contribution is -2.27. The van der Waals surface area contributed by atoms with E-state index in [4.69, 9.17) is 9.47 Å². The Kier molecular flexibility index (Phi) is 6.98. The first kappa shape index (κ1) is 20.2. The number of methoxy groups -OCH3 is 2. The van der Waals surface area contributed by atoms with Crippen molar-refractivity contribution in [3.63, 3.8) is 0 Å². The highest BCUT2D eigenvalue weighted by atomic mass is 32.2. The van der Waals surface area contributed by atoms with Crippen LogP contribution in [0.5, 0.6) is 11.8 Å². The van der Waals surface area contributed by atoms with Crippen molar-refractivity contribution in [1.29, 1.82) is 0 Å². The molecule has 0 aromatic carbocycles. The van der Waals surface area contributed by atoms with Crippen LogP contribution in [0.15, 0.2) is 33.8 Å². The van der Waals surface area contributed by atoms with Gasteiger partial charge in [-0.3, -0.25) is 4.79 Å². The lowest BCUT2D eigenvalue weighted by atomic mass is 9.92. The summed E-state index contributed by atoms with van der Waals surface area (Å²) >= 11 is 2.79. The zero-order valence-electron chi connectivity index (χ0n) is 15.3. The number of carbonyl (C=O) groups excluding carboxylic acids is 1. The van der Waals surface area contributed by atoms with Crippen LogP contribution < -0.4 is 14.9 Å². The van der Waals surface area contributed by atoms with E-state index < -0.39 is 0 Å². The molecule has 2 aromatic rings. The molecule has 1 amide bonds. The molecular formula is C17H22N4O3S2. The van der Waals surface area contributed by atoms with E-state index in [1.165, 1.54) is 23.1 Å². The van der Waals surface area contributed by atoms with Crippen LogP contribution in [0.25, 0.3) is 0 Å². The minimum atomic E-state index is -0.229. The van der Waals surface area contributed by atoms with Gasteiger partial charge in [-0.2, -0.15) is 15.1 Å². The highest BCUT2D eigenvalue weighted by Gasteiger charge is 2.26. The summed E-state index contributed by atoms with van der Waals surface area (Å²) in [5.74, 6) is 0.623. The lowest BCUT2D eigenvalue weighted by Gasteiger charge is -2.26. The second kappa shape index (κ2) is 9.00. The van der Waals surface area contributed by atoms with E-state index in [1.807, 2.05) is 11.4 Å². The summed E-state index contributed by atoms with van der Waals surface area (Å²) in [6.45, 7) is 6.24. The minimum absolute atomic E-state index is 0.0806. The van der Waals surface area contributed by atoms with E-state index >= 15 is 0 Å². The van der Waals surface area contributed by atoms with Gasteiger partial charge in [0.2, 0.25) is 11.8 Å². The first-order chi connectivity index (χ1) is 12.3. The summed E-state index contributed by atoms with van der Waals surface area (Å²) in [6, 6.07) is 5.19. The number of amides is 1. The summed E-state index contributed by atoms with van der Waals surface area (Å²) in [6.07, 6.45) is 1.70. The fourth-order valence-corrected chi connectivity index (χ4v) is 3.42. The Morgan fingerprint density at radius 3 is 2.46 bits per heavy atom. The molecule has 0 spiro atoms. The average molecular weight is 395 g/mol. The number of thioether (sulfide) groups is 1. The molecule has 0 saturated heterocycles. The summed E-state index contributed by atoms with van der Waals surface area (Å²) in [4.78, 5) is 21.3. The van der Waals surface area contributed by atoms with Crippen molar-refractivity contribution in [3.05, 3.63) is 28.5 Å². The first-order valence-corrected chi connectivity index (χ1v) is 9.60. The second-order valence-electron chi connectivity index (χ2n) is 6.34. The summed E-state index contributed by atoms with van der Waals surface area (Å²) in [5.41, 5.74) is 2.42. The van der Waals surface area contributed by atoms with E-state index in [0.29, 0.717) is 21.8 Å². The zero-order chi connectivity index (χ0) is 19.2. The summed E-state index contributed by atoms with van der Waals surface area (Å²) < 4.78 is 10.4. The monoisotopic (exact) mass is 394 g/mol. The van der Waals surface area contributed by atoms with Crippen LogP contribution >= 0.6 is 23.1 Å². The molecular weight excluding hydrogens is 372 g/mol. The van der Waals surface area contributed by atoms with Gasteiger partial charge in [-0.15, -0.1) is 11.3 Å². The van der Waals surface area contributed by atoms with Crippen molar-refractivity contribution in [2.24, 2.45) is 10.5 Å². The van der Waals surface area contributed by atoms with Gasteiger partial charge < -0.3 is 9.47 Å². The van der Waals surface area contributed by atoms with Crippen LogP contribution in [-0.4, -0.2) is 41.6 Å². The van der Waals surface area contributed by atoms with Crippen molar-refractivity contribution in [2.45, 2.75) is 31.2 Å². The third kappa shape index (κ3) is 5.70. The Hall–Kier alpha value is -2.13. The molecule has 0 aliphatic carbocycles. The molecule has 1 atom stereocenters. The maximum atomic E-state index is 12.0. The molecule has 0 aliphatic heterocycles. The Balaban J connectivity index is 2.13. The number of aromatic nitrogens is 2. The van der Waals surface area contributed by atoms with Crippen molar-refractivity contribution >= 4 is 35.2 Å². The number of nitrogens with zero attached hydrogens (tertiary/aromatic N) is 3. The van der Waals surface area contributed by atoms with Gasteiger partial charge in [0.25, 0.3) is 5.91 Å². The fourth-order valence-electron chi connectivity index (χ4n) is 1.82. The molecule has 140 valence electrons. The van der Waals surface area contributed by atoms with E-state index in [1.54, 1.807) is 32.6 Å². The number of hydrogen-bond acceptors (Lipinski definition) is 8. The Labute approximate surface area is 161 Å². The molecule has 0 bridgehead atoms. The van der Waals surface area contributed by atoms with Crippen LogP contribution in [0.2, 0.25) is 0 Å². The topological polar surface area (TPSA) is 85.7 Å². The number of carbonyl (C=O) groups is 1. The molecule has 1 N–H and O–H groups in total. The molecule has 2 rings (SSSR count). The predicted molar refractivity (Wildman–Crippen MR) is 105 cm³/mol. The number of nitrogens with one attached hydrogen (secondary N) is 1. The lowest BCUT2D eigenvalue weighted by molar-refractivity contribution is 0.0959. The van der Waals surface area contributed by atoms with Gasteiger partial charge in [-0.05, 0) is 16.9 Å². The third-order valence-electron chi connectivity index (χ3n) is 3.28. The molecule has 0 fully saturated rings. The molecule has 26 heavy (non-hydrogen) atoms. The Morgan fingerprint density at radius 1 is 1.31 bits per heavy atom. The maximum Gasteiger partial charge on any atom is 0.281 e. The summed E-state index contributed by atoms with van der Waals surface area (Å²) in [7, 11) is 3.08. The van der Waals surface area contributed by atoms with Gasteiger partial charge in [0.15, 0.2) is 5.16 Å². The van der Waals surface area contributed by atoms with E-state index in [-0.39, 0.29) is 16.6 Å². The Morgan fingerprint density at radius 2 is 1.96 bits per heavy atom.